The molecule has 0 aromatic heterocycles. The van der Waals surface area contributed by atoms with Crippen molar-refractivity contribution in [1.82, 2.24) is 5.32 Å². The first kappa shape index (κ1) is 19.8. The molecule has 0 aliphatic carbocycles. The number of amides is 1. The number of hydrogen-bond donors (Lipinski definition) is 2. The van der Waals surface area contributed by atoms with Crippen LogP contribution in [0.1, 0.15) is 25.0 Å². The molecule has 7 nitrogen and oxygen atoms in total. The topological polar surface area (TPSA) is 86.3 Å². The van der Waals surface area contributed by atoms with Crippen LogP contribution in [0.25, 0.3) is 0 Å². The fourth-order valence-corrected chi connectivity index (χ4v) is 2.87. The summed E-state index contributed by atoms with van der Waals surface area (Å²) in [6, 6.07) is 12.0. The summed E-state index contributed by atoms with van der Waals surface area (Å²) >= 11 is 0. The third kappa shape index (κ3) is 5.07. The molecule has 2 atom stereocenters. The van der Waals surface area contributed by atoms with Crippen LogP contribution in [-0.2, 0) is 4.79 Å². The van der Waals surface area contributed by atoms with Crippen LogP contribution in [0, 0.1) is 0 Å². The highest BCUT2D eigenvalue weighted by molar-refractivity contribution is 5.76. The van der Waals surface area contributed by atoms with Gasteiger partial charge in [0.1, 0.15) is 24.7 Å². The fourth-order valence-electron chi connectivity index (χ4n) is 2.87. The van der Waals surface area contributed by atoms with Crippen molar-refractivity contribution in [2.45, 2.75) is 25.5 Å². The Bertz CT molecular complexity index is 792. The van der Waals surface area contributed by atoms with E-state index in [0.29, 0.717) is 36.0 Å². The maximum Gasteiger partial charge on any atom is 0.223 e. The van der Waals surface area contributed by atoms with Gasteiger partial charge in [-0.3, -0.25) is 4.79 Å². The standard InChI is InChI=1S/C21H25NO6/c1-14(21(24)15-3-8-18-19(13-15)28-12-11-27-18)22-20(23)9-10-26-17-6-4-16(25-2)5-7-17/h3-8,13-14,21,24H,9-12H2,1-2H3,(H,22,23)/t14-,21-/m1/s1. The Morgan fingerprint density at radius 3 is 2.50 bits per heavy atom. The second kappa shape index (κ2) is 9.32. The van der Waals surface area contributed by atoms with Crippen LogP contribution < -0.4 is 24.3 Å². The van der Waals surface area contributed by atoms with Crippen molar-refractivity contribution in [2.75, 3.05) is 26.9 Å². The molecule has 2 N–H and O–H groups in total. The SMILES string of the molecule is COc1ccc(OCCC(=O)N[C@H](C)[C@@H](O)c2ccc3c(c2)OCCO3)cc1. The number of aliphatic hydroxyl groups excluding tert-OH is 1. The summed E-state index contributed by atoms with van der Waals surface area (Å²) in [6.07, 6.45) is -0.674. The molecular formula is C21H25NO6. The monoisotopic (exact) mass is 387 g/mol. The van der Waals surface area contributed by atoms with Gasteiger partial charge in [0.25, 0.3) is 0 Å². The summed E-state index contributed by atoms with van der Waals surface area (Å²) in [7, 11) is 1.60. The predicted octanol–water partition coefficient (Wildman–Crippen LogP) is 2.47. The molecule has 0 saturated carbocycles. The quantitative estimate of drug-likeness (QED) is 0.724. The minimum Gasteiger partial charge on any atom is -0.497 e. The third-order valence-electron chi connectivity index (χ3n) is 4.43. The highest BCUT2D eigenvalue weighted by atomic mass is 16.6. The van der Waals surface area contributed by atoms with Crippen molar-refractivity contribution < 1.29 is 28.8 Å². The summed E-state index contributed by atoms with van der Waals surface area (Å²) < 4.78 is 21.7. The van der Waals surface area contributed by atoms with E-state index >= 15 is 0 Å². The number of nitrogens with one attached hydrogen (secondary N) is 1. The number of carbonyl (C=O) groups is 1. The lowest BCUT2D eigenvalue weighted by atomic mass is 10.0. The molecule has 0 unspecified atom stereocenters. The fraction of sp³-hybridized carbons (Fsp3) is 0.381. The van der Waals surface area contributed by atoms with Crippen LogP contribution in [0.3, 0.4) is 0 Å². The Morgan fingerprint density at radius 1 is 1.11 bits per heavy atom. The Balaban J connectivity index is 1.46. The molecule has 0 radical (unpaired) electrons. The molecule has 2 aromatic carbocycles. The lowest BCUT2D eigenvalue weighted by Gasteiger charge is -2.23. The number of methoxy groups -OCH3 is 1. The van der Waals surface area contributed by atoms with Gasteiger partial charge in [-0.1, -0.05) is 6.07 Å². The maximum atomic E-state index is 12.1. The van der Waals surface area contributed by atoms with Gasteiger partial charge in [0.15, 0.2) is 11.5 Å². The Kier molecular flexibility index (Phi) is 6.60. The lowest BCUT2D eigenvalue weighted by molar-refractivity contribution is -0.123. The first-order valence-electron chi connectivity index (χ1n) is 9.20. The lowest BCUT2D eigenvalue weighted by Crippen LogP contribution is -2.37. The molecular weight excluding hydrogens is 362 g/mol. The van der Waals surface area contributed by atoms with Crippen molar-refractivity contribution in [3.8, 4) is 23.0 Å². The van der Waals surface area contributed by atoms with E-state index in [1.165, 1.54) is 0 Å². The number of fused-ring (bicyclic) bond motifs is 1. The van der Waals surface area contributed by atoms with Crippen molar-refractivity contribution in [1.29, 1.82) is 0 Å². The molecule has 150 valence electrons. The number of aliphatic hydroxyl groups is 1. The van der Waals surface area contributed by atoms with Crippen LogP contribution in [0.2, 0.25) is 0 Å². The maximum absolute atomic E-state index is 12.1. The van der Waals surface area contributed by atoms with Gasteiger partial charge in [-0.05, 0) is 48.9 Å². The average Bonchev–Trinajstić information content (AvgIpc) is 2.73. The van der Waals surface area contributed by atoms with E-state index in [1.807, 2.05) is 0 Å². The molecule has 1 aliphatic heterocycles. The van der Waals surface area contributed by atoms with E-state index in [4.69, 9.17) is 18.9 Å². The summed E-state index contributed by atoms with van der Waals surface area (Å²) in [6.45, 7) is 2.99. The molecule has 3 rings (SSSR count). The summed E-state index contributed by atoms with van der Waals surface area (Å²) in [4.78, 5) is 12.1. The molecule has 0 spiro atoms. The third-order valence-corrected chi connectivity index (χ3v) is 4.43. The number of hydrogen-bond acceptors (Lipinski definition) is 6. The van der Waals surface area contributed by atoms with Crippen LogP contribution in [0.15, 0.2) is 42.5 Å². The van der Waals surface area contributed by atoms with Gasteiger partial charge in [-0.25, -0.2) is 0 Å². The molecule has 0 bridgehead atoms. The van der Waals surface area contributed by atoms with Gasteiger partial charge >= 0.3 is 0 Å². The largest absolute Gasteiger partial charge is 0.497 e. The van der Waals surface area contributed by atoms with Crippen molar-refractivity contribution in [2.24, 2.45) is 0 Å². The van der Waals surface area contributed by atoms with E-state index in [0.717, 1.165) is 5.75 Å². The zero-order chi connectivity index (χ0) is 19.9. The highest BCUT2D eigenvalue weighted by Gasteiger charge is 2.21. The van der Waals surface area contributed by atoms with Gasteiger partial charge in [0, 0.05) is 0 Å². The number of rotatable bonds is 8. The first-order chi connectivity index (χ1) is 13.6. The van der Waals surface area contributed by atoms with E-state index in [-0.39, 0.29) is 18.9 Å². The molecule has 0 saturated heterocycles. The molecule has 2 aromatic rings. The van der Waals surface area contributed by atoms with Crippen molar-refractivity contribution in [3.63, 3.8) is 0 Å². The van der Waals surface area contributed by atoms with E-state index in [9.17, 15) is 9.90 Å². The Hall–Kier alpha value is -2.93. The minimum absolute atomic E-state index is 0.185. The van der Waals surface area contributed by atoms with Gasteiger partial charge in [-0.15, -0.1) is 0 Å². The highest BCUT2D eigenvalue weighted by Crippen LogP contribution is 2.33. The smallest absolute Gasteiger partial charge is 0.223 e. The first-order valence-corrected chi connectivity index (χ1v) is 9.20. The van der Waals surface area contributed by atoms with Gasteiger partial charge in [0.05, 0.1) is 32.3 Å². The van der Waals surface area contributed by atoms with Crippen LogP contribution in [0.5, 0.6) is 23.0 Å². The predicted molar refractivity (Wildman–Crippen MR) is 103 cm³/mol. The Labute approximate surface area is 164 Å². The molecule has 1 heterocycles. The molecule has 1 aliphatic rings. The number of ether oxygens (including phenoxy) is 4. The average molecular weight is 387 g/mol. The molecule has 1 amide bonds. The molecule has 28 heavy (non-hydrogen) atoms. The summed E-state index contributed by atoms with van der Waals surface area (Å²) in [5.41, 5.74) is 0.659. The van der Waals surface area contributed by atoms with Crippen molar-refractivity contribution in [3.05, 3.63) is 48.0 Å². The molecule has 7 heteroatoms. The zero-order valence-electron chi connectivity index (χ0n) is 16.0. The number of benzene rings is 2. The van der Waals surface area contributed by atoms with E-state index in [1.54, 1.807) is 56.5 Å². The second-order valence-corrected chi connectivity index (χ2v) is 6.48. The van der Waals surface area contributed by atoms with Crippen LogP contribution >= 0.6 is 0 Å². The number of carbonyl (C=O) groups excluding carboxylic acids is 1. The second-order valence-electron chi connectivity index (χ2n) is 6.48. The van der Waals surface area contributed by atoms with Crippen LogP contribution in [-0.4, -0.2) is 44.0 Å². The van der Waals surface area contributed by atoms with Gasteiger partial charge in [0.2, 0.25) is 5.91 Å². The molecule has 0 fully saturated rings. The summed E-state index contributed by atoms with van der Waals surface area (Å²) in [5, 5.41) is 13.3. The van der Waals surface area contributed by atoms with E-state index < -0.39 is 12.1 Å². The minimum atomic E-state index is -0.859. The van der Waals surface area contributed by atoms with Crippen LogP contribution in [0.4, 0.5) is 0 Å². The van der Waals surface area contributed by atoms with E-state index in [2.05, 4.69) is 5.32 Å². The normalized spacial score (nSPS) is 14.7. The van der Waals surface area contributed by atoms with Gasteiger partial charge in [-0.2, -0.15) is 0 Å². The Morgan fingerprint density at radius 2 is 1.79 bits per heavy atom. The summed E-state index contributed by atoms with van der Waals surface area (Å²) in [5.74, 6) is 2.48. The zero-order valence-corrected chi connectivity index (χ0v) is 16.0. The van der Waals surface area contributed by atoms with Crippen molar-refractivity contribution >= 4 is 5.91 Å². The van der Waals surface area contributed by atoms with Gasteiger partial charge < -0.3 is 29.4 Å².